The fourth-order valence-electron chi connectivity index (χ4n) is 2.45. The Bertz CT molecular complexity index is 506. The molecule has 0 radical (unpaired) electrons. The number of carbonyl (C=O) groups excluding carboxylic acids is 1. The van der Waals surface area contributed by atoms with Crippen molar-refractivity contribution in [1.82, 2.24) is 5.32 Å². The number of hydrogen-bond acceptors (Lipinski definition) is 5. The molecule has 6 heteroatoms. The van der Waals surface area contributed by atoms with E-state index in [0.29, 0.717) is 43.6 Å². The van der Waals surface area contributed by atoms with E-state index in [1.165, 1.54) is 0 Å². The number of rotatable bonds is 3. The number of likely N-dealkylation sites (N-methyl/N-ethyl adjacent to an activating group) is 1. The van der Waals surface area contributed by atoms with Crippen molar-refractivity contribution in [3.8, 4) is 11.5 Å². The standard InChI is InChI=1S/C14H18N2O4/c1-15-11-8-18-7-10(11)14(17)16-9-2-3-12-13(6-9)20-5-4-19-12/h2-3,6,10-11,15H,4-5,7-8H2,1H3,(H,16,17). The minimum absolute atomic E-state index is 0.0430. The lowest BCUT2D eigenvalue weighted by atomic mass is 10.0. The second-order valence-corrected chi connectivity index (χ2v) is 4.89. The summed E-state index contributed by atoms with van der Waals surface area (Å²) in [5.41, 5.74) is 0.709. The van der Waals surface area contributed by atoms with Crippen LogP contribution in [0.15, 0.2) is 18.2 Å². The quantitative estimate of drug-likeness (QED) is 0.849. The van der Waals surface area contributed by atoms with Gasteiger partial charge in [-0.1, -0.05) is 0 Å². The predicted octanol–water partition coefficient (Wildman–Crippen LogP) is 0.631. The number of ether oxygens (including phenoxy) is 3. The monoisotopic (exact) mass is 278 g/mol. The van der Waals surface area contributed by atoms with Crippen LogP contribution >= 0.6 is 0 Å². The lowest BCUT2D eigenvalue weighted by Gasteiger charge is -2.20. The van der Waals surface area contributed by atoms with Crippen LogP contribution in [0.5, 0.6) is 11.5 Å². The van der Waals surface area contributed by atoms with Gasteiger partial charge in [0.25, 0.3) is 0 Å². The van der Waals surface area contributed by atoms with E-state index in [2.05, 4.69) is 10.6 Å². The van der Waals surface area contributed by atoms with Crippen LogP contribution in [0.1, 0.15) is 0 Å². The van der Waals surface area contributed by atoms with Gasteiger partial charge in [-0.25, -0.2) is 0 Å². The van der Waals surface area contributed by atoms with Crippen LogP contribution in [0.25, 0.3) is 0 Å². The third-order valence-corrected chi connectivity index (χ3v) is 3.60. The third-order valence-electron chi connectivity index (χ3n) is 3.60. The summed E-state index contributed by atoms with van der Waals surface area (Å²) in [6, 6.07) is 5.48. The molecular formula is C14H18N2O4. The first-order chi connectivity index (χ1) is 9.78. The van der Waals surface area contributed by atoms with Gasteiger partial charge in [0, 0.05) is 17.8 Å². The molecule has 2 aliphatic rings. The first-order valence-corrected chi connectivity index (χ1v) is 6.73. The number of carbonyl (C=O) groups is 1. The molecule has 0 spiro atoms. The second kappa shape index (κ2) is 5.68. The number of benzene rings is 1. The molecule has 2 heterocycles. The van der Waals surface area contributed by atoms with Crippen molar-refractivity contribution in [2.24, 2.45) is 5.92 Å². The van der Waals surface area contributed by atoms with E-state index < -0.39 is 0 Å². The molecule has 2 unspecified atom stereocenters. The summed E-state index contributed by atoms with van der Waals surface area (Å²) >= 11 is 0. The Morgan fingerprint density at radius 1 is 1.20 bits per heavy atom. The van der Waals surface area contributed by atoms with E-state index in [1.54, 1.807) is 6.07 Å². The molecule has 1 aromatic carbocycles. The first kappa shape index (κ1) is 13.2. The number of anilines is 1. The molecule has 6 nitrogen and oxygen atoms in total. The predicted molar refractivity (Wildman–Crippen MR) is 73.2 cm³/mol. The zero-order valence-corrected chi connectivity index (χ0v) is 11.3. The zero-order chi connectivity index (χ0) is 13.9. The zero-order valence-electron chi connectivity index (χ0n) is 11.3. The Kier molecular flexibility index (Phi) is 3.75. The van der Waals surface area contributed by atoms with Crippen LogP contribution in [0, 0.1) is 5.92 Å². The summed E-state index contributed by atoms with van der Waals surface area (Å²) < 4.78 is 16.3. The highest BCUT2D eigenvalue weighted by Crippen LogP contribution is 2.32. The molecule has 108 valence electrons. The SMILES string of the molecule is CNC1COCC1C(=O)Nc1ccc2c(c1)OCCO2. The van der Waals surface area contributed by atoms with E-state index in [-0.39, 0.29) is 17.9 Å². The molecular weight excluding hydrogens is 260 g/mol. The van der Waals surface area contributed by atoms with Crippen molar-refractivity contribution in [3.63, 3.8) is 0 Å². The summed E-state index contributed by atoms with van der Waals surface area (Å²) in [7, 11) is 1.84. The molecule has 0 aliphatic carbocycles. The summed E-state index contributed by atoms with van der Waals surface area (Å²) in [5, 5.41) is 6.00. The van der Waals surface area contributed by atoms with Gasteiger partial charge in [0.1, 0.15) is 13.2 Å². The van der Waals surface area contributed by atoms with Gasteiger partial charge >= 0.3 is 0 Å². The fourth-order valence-corrected chi connectivity index (χ4v) is 2.45. The van der Waals surface area contributed by atoms with Crippen LogP contribution in [-0.2, 0) is 9.53 Å². The van der Waals surface area contributed by atoms with Gasteiger partial charge in [0.15, 0.2) is 11.5 Å². The highest BCUT2D eigenvalue weighted by molar-refractivity contribution is 5.93. The summed E-state index contributed by atoms with van der Waals surface area (Å²) in [6.45, 7) is 2.10. The van der Waals surface area contributed by atoms with E-state index >= 15 is 0 Å². The maximum absolute atomic E-state index is 12.2. The Hall–Kier alpha value is -1.79. The maximum atomic E-state index is 12.2. The Balaban J connectivity index is 1.69. The normalized spacial score (nSPS) is 24.4. The molecule has 1 fully saturated rings. The molecule has 0 bridgehead atoms. The Morgan fingerprint density at radius 3 is 2.80 bits per heavy atom. The topological polar surface area (TPSA) is 68.8 Å². The largest absolute Gasteiger partial charge is 0.486 e. The van der Waals surface area contributed by atoms with Crippen molar-refractivity contribution in [2.45, 2.75) is 6.04 Å². The summed E-state index contributed by atoms with van der Waals surface area (Å²) in [4.78, 5) is 12.2. The fraction of sp³-hybridized carbons (Fsp3) is 0.500. The summed E-state index contributed by atoms with van der Waals surface area (Å²) in [6.07, 6.45) is 0. The lowest BCUT2D eigenvalue weighted by Crippen LogP contribution is -2.39. The molecule has 2 N–H and O–H groups in total. The third kappa shape index (κ3) is 2.57. The smallest absolute Gasteiger partial charge is 0.231 e. The average Bonchev–Trinajstić information content (AvgIpc) is 2.95. The van der Waals surface area contributed by atoms with E-state index in [4.69, 9.17) is 14.2 Å². The van der Waals surface area contributed by atoms with E-state index in [1.807, 2.05) is 19.2 Å². The number of nitrogens with one attached hydrogen (secondary N) is 2. The molecule has 0 aromatic heterocycles. The summed E-state index contributed by atoms with van der Waals surface area (Å²) in [5.74, 6) is 1.17. The number of fused-ring (bicyclic) bond motifs is 1. The van der Waals surface area contributed by atoms with Gasteiger partial charge in [0.2, 0.25) is 5.91 Å². The molecule has 20 heavy (non-hydrogen) atoms. The molecule has 1 amide bonds. The van der Waals surface area contributed by atoms with Crippen LogP contribution in [0.2, 0.25) is 0 Å². The molecule has 0 saturated carbocycles. The molecule has 1 saturated heterocycles. The molecule has 1 aromatic rings. The van der Waals surface area contributed by atoms with Gasteiger partial charge in [-0.3, -0.25) is 4.79 Å². The Labute approximate surface area is 117 Å². The van der Waals surface area contributed by atoms with E-state index in [0.717, 1.165) is 0 Å². The van der Waals surface area contributed by atoms with Crippen LogP contribution in [0.4, 0.5) is 5.69 Å². The lowest BCUT2D eigenvalue weighted by molar-refractivity contribution is -0.120. The van der Waals surface area contributed by atoms with Crippen molar-refractivity contribution >= 4 is 11.6 Å². The van der Waals surface area contributed by atoms with Gasteiger partial charge in [-0.15, -0.1) is 0 Å². The van der Waals surface area contributed by atoms with Crippen LogP contribution in [-0.4, -0.2) is 45.4 Å². The maximum Gasteiger partial charge on any atom is 0.231 e. The number of amides is 1. The highest BCUT2D eigenvalue weighted by atomic mass is 16.6. The van der Waals surface area contributed by atoms with Crippen LogP contribution in [0.3, 0.4) is 0 Å². The molecule has 2 atom stereocenters. The van der Waals surface area contributed by atoms with Crippen molar-refractivity contribution in [1.29, 1.82) is 0 Å². The van der Waals surface area contributed by atoms with Crippen LogP contribution < -0.4 is 20.1 Å². The van der Waals surface area contributed by atoms with Gasteiger partial charge in [0.05, 0.1) is 19.1 Å². The minimum atomic E-state index is -0.173. The van der Waals surface area contributed by atoms with Gasteiger partial charge < -0.3 is 24.8 Å². The minimum Gasteiger partial charge on any atom is -0.486 e. The first-order valence-electron chi connectivity index (χ1n) is 6.73. The Morgan fingerprint density at radius 2 is 2.00 bits per heavy atom. The number of hydrogen-bond donors (Lipinski definition) is 2. The van der Waals surface area contributed by atoms with E-state index in [9.17, 15) is 4.79 Å². The van der Waals surface area contributed by atoms with Crippen molar-refractivity contribution < 1.29 is 19.0 Å². The van der Waals surface area contributed by atoms with Gasteiger partial charge in [-0.05, 0) is 19.2 Å². The average molecular weight is 278 g/mol. The second-order valence-electron chi connectivity index (χ2n) is 4.89. The van der Waals surface area contributed by atoms with Crippen molar-refractivity contribution in [2.75, 3.05) is 38.8 Å². The highest BCUT2D eigenvalue weighted by Gasteiger charge is 2.33. The molecule has 2 aliphatic heterocycles. The van der Waals surface area contributed by atoms with Gasteiger partial charge in [-0.2, -0.15) is 0 Å². The van der Waals surface area contributed by atoms with Crippen molar-refractivity contribution in [3.05, 3.63) is 18.2 Å². The molecule has 3 rings (SSSR count).